The number of nitrogens with one attached hydrogen (secondary N) is 1. The molecule has 0 aromatic heterocycles. The molecule has 0 spiro atoms. The van der Waals surface area contributed by atoms with Crippen LogP contribution in [0.25, 0.3) is 0 Å². The predicted octanol–water partition coefficient (Wildman–Crippen LogP) is 1.71. The molecule has 0 aliphatic rings. The Morgan fingerprint density at radius 1 is 1.54 bits per heavy atom. The van der Waals surface area contributed by atoms with Gasteiger partial charge in [0.15, 0.2) is 5.96 Å². The summed E-state index contributed by atoms with van der Waals surface area (Å²) in [6.45, 7) is 4.72. The zero-order valence-electron chi connectivity index (χ0n) is 8.04. The number of nitrogens with zero attached hydrogens (tertiary/aromatic N) is 1. The lowest BCUT2D eigenvalue weighted by Gasteiger charge is -2.20. The number of hydrogen-bond acceptors (Lipinski definition) is 1. The van der Waals surface area contributed by atoms with Crippen molar-refractivity contribution in [1.82, 2.24) is 0 Å². The monoisotopic (exact) mass is 177 g/mol. The van der Waals surface area contributed by atoms with Gasteiger partial charge < -0.3 is 10.6 Å². The zero-order chi connectivity index (χ0) is 9.84. The number of rotatable bonds is 2. The summed E-state index contributed by atoms with van der Waals surface area (Å²) in [4.78, 5) is 1.76. The molecule has 0 saturated carbocycles. The lowest BCUT2D eigenvalue weighted by Crippen LogP contribution is -2.36. The van der Waals surface area contributed by atoms with Crippen LogP contribution >= 0.6 is 0 Å². The van der Waals surface area contributed by atoms with Crippen molar-refractivity contribution in [2.75, 3.05) is 11.4 Å². The third-order valence-corrected chi connectivity index (χ3v) is 1.92. The summed E-state index contributed by atoms with van der Waals surface area (Å²) in [5.41, 5.74) is 7.60. The fourth-order valence-corrected chi connectivity index (χ4v) is 1.29. The first kappa shape index (κ1) is 9.58. The van der Waals surface area contributed by atoms with Gasteiger partial charge in [0, 0.05) is 12.2 Å². The van der Waals surface area contributed by atoms with E-state index in [1.807, 2.05) is 38.1 Å². The molecule has 3 nitrogen and oxygen atoms in total. The second-order valence-electron chi connectivity index (χ2n) is 2.97. The fourth-order valence-electron chi connectivity index (χ4n) is 1.29. The van der Waals surface area contributed by atoms with Crippen LogP contribution in [0.15, 0.2) is 24.3 Å². The Morgan fingerprint density at radius 2 is 2.23 bits per heavy atom. The molecule has 0 heterocycles. The minimum atomic E-state index is 0.0908. The molecule has 3 N–H and O–H groups in total. The van der Waals surface area contributed by atoms with Gasteiger partial charge in [-0.3, -0.25) is 5.41 Å². The van der Waals surface area contributed by atoms with E-state index in [0.29, 0.717) is 0 Å². The number of hydrogen-bond donors (Lipinski definition) is 2. The number of benzene rings is 1. The highest BCUT2D eigenvalue weighted by atomic mass is 15.2. The molecular formula is C10H15N3. The molecule has 1 aromatic rings. The van der Waals surface area contributed by atoms with E-state index >= 15 is 0 Å². The topological polar surface area (TPSA) is 53.1 Å². The first-order valence-corrected chi connectivity index (χ1v) is 4.33. The molecule has 1 rings (SSSR count). The minimum absolute atomic E-state index is 0.0908. The van der Waals surface area contributed by atoms with E-state index in [2.05, 4.69) is 0 Å². The van der Waals surface area contributed by atoms with E-state index < -0.39 is 0 Å². The van der Waals surface area contributed by atoms with Gasteiger partial charge in [0.2, 0.25) is 0 Å². The van der Waals surface area contributed by atoms with Gasteiger partial charge in [-0.15, -0.1) is 0 Å². The second-order valence-corrected chi connectivity index (χ2v) is 2.97. The van der Waals surface area contributed by atoms with Gasteiger partial charge in [0.05, 0.1) is 0 Å². The van der Waals surface area contributed by atoms with Crippen molar-refractivity contribution in [2.45, 2.75) is 13.8 Å². The smallest absolute Gasteiger partial charge is 0.192 e. The molecule has 0 bridgehead atoms. The fraction of sp³-hybridized carbons (Fsp3) is 0.300. The van der Waals surface area contributed by atoms with Crippen LogP contribution in [0.2, 0.25) is 0 Å². The van der Waals surface area contributed by atoms with E-state index in [1.54, 1.807) is 4.90 Å². The summed E-state index contributed by atoms with van der Waals surface area (Å²) < 4.78 is 0. The lowest BCUT2D eigenvalue weighted by atomic mass is 10.2. The van der Waals surface area contributed by atoms with E-state index in [-0.39, 0.29) is 5.96 Å². The summed E-state index contributed by atoms with van der Waals surface area (Å²) in [6.07, 6.45) is 0. The molecule has 70 valence electrons. The third kappa shape index (κ3) is 2.21. The highest BCUT2D eigenvalue weighted by Gasteiger charge is 2.05. The first-order chi connectivity index (χ1) is 6.15. The van der Waals surface area contributed by atoms with Crippen LogP contribution in [0.5, 0.6) is 0 Å². The van der Waals surface area contributed by atoms with Crippen LogP contribution in [-0.2, 0) is 0 Å². The average molecular weight is 177 g/mol. The summed E-state index contributed by atoms with van der Waals surface area (Å²) >= 11 is 0. The van der Waals surface area contributed by atoms with Crippen LogP contribution in [0, 0.1) is 12.3 Å². The Kier molecular flexibility index (Phi) is 2.90. The Bertz CT molecular complexity index is 307. The summed E-state index contributed by atoms with van der Waals surface area (Å²) in [5.74, 6) is 0.0908. The maximum atomic E-state index is 7.36. The highest BCUT2D eigenvalue weighted by Crippen LogP contribution is 2.14. The molecule has 3 heteroatoms. The van der Waals surface area contributed by atoms with Crippen molar-refractivity contribution in [3.8, 4) is 0 Å². The van der Waals surface area contributed by atoms with E-state index in [1.165, 1.54) is 5.56 Å². The second kappa shape index (κ2) is 3.94. The maximum Gasteiger partial charge on any atom is 0.192 e. The predicted molar refractivity (Wildman–Crippen MR) is 56.1 cm³/mol. The molecule has 0 aliphatic heterocycles. The average Bonchev–Trinajstić information content (AvgIpc) is 2.04. The van der Waals surface area contributed by atoms with Gasteiger partial charge in [0.1, 0.15) is 0 Å². The molecule has 0 atom stereocenters. The Labute approximate surface area is 78.7 Å². The third-order valence-electron chi connectivity index (χ3n) is 1.92. The van der Waals surface area contributed by atoms with Crippen LogP contribution < -0.4 is 10.6 Å². The van der Waals surface area contributed by atoms with E-state index in [4.69, 9.17) is 11.1 Å². The SMILES string of the molecule is CCN(C(=N)N)c1cccc(C)c1. The van der Waals surface area contributed by atoms with Gasteiger partial charge in [-0.1, -0.05) is 12.1 Å². The van der Waals surface area contributed by atoms with Crippen molar-refractivity contribution in [1.29, 1.82) is 5.41 Å². The van der Waals surface area contributed by atoms with Crippen molar-refractivity contribution in [2.24, 2.45) is 5.73 Å². The van der Waals surface area contributed by atoms with Gasteiger partial charge >= 0.3 is 0 Å². The van der Waals surface area contributed by atoms with Gasteiger partial charge in [-0.25, -0.2) is 0 Å². The maximum absolute atomic E-state index is 7.36. The standard InChI is InChI=1S/C10H15N3/c1-3-13(10(11)12)9-6-4-5-8(2)7-9/h4-7H,3H2,1-2H3,(H3,11,12). The molecule has 0 radical (unpaired) electrons. The molecule has 0 saturated heterocycles. The zero-order valence-corrected chi connectivity index (χ0v) is 8.04. The van der Waals surface area contributed by atoms with Gasteiger partial charge in [-0.2, -0.15) is 0 Å². The highest BCUT2D eigenvalue weighted by molar-refractivity contribution is 5.92. The van der Waals surface area contributed by atoms with Crippen LogP contribution in [-0.4, -0.2) is 12.5 Å². The van der Waals surface area contributed by atoms with Crippen LogP contribution in [0.3, 0.4) is 0 Å². The molecule has 13 heavy (non-hydrogen) atoms. The quantitative estimate of drug-likeness (QED) is 0.533. The molecule has 1 aromatic carbocycles. The number of anilines is 1. The molecular weight excluding hydrogens is 162 g/mol. The largest absolute Gasteiger partial charge is 0.370 e. The minimum Gasteiger partial charge on any atom is -0.370 e. The number of guanidine groups is 1. The van der Waals surface area contributed by atoms with Crippen molar-refractivity contribution in [3.05, 3.63) is 29.8 Å². The van der Waals surface area contributed by atoms with Crippen molar-refractivity contribution in [3.63, 3.8) is 0 Å². The van der Waals surface area contributed by atoms with Crippen LogP contribution in [0.1, 0.15) is 12.5 Å². The van der Waals surface area contributed by atoms with Crippen LogP contribution in [0.4, 0.5) is 5.69 Å². The first-order valence-electron chi connectivity index (χ1n) is 4.33. The Hall–Kier alpha value is -1.51. The molecule has 0 amide bonds. The van der Waals surface area contributed by atoms with E-state index in [9.17, 15) is 0 Å². The summed E-state index contributed by atoms with van der Waals surface area (Å²) in [5, 5.41) is 7.36. The normalized spacial score (nSPS) is 9.69. The van der Waals surface area contributed by atoms with E-state index in [0.717, 1.165) is 12.2 Å². The Balaban J connectivity index is 2.98. The number of aryl methyl sites for hydroxylation is 1. The van der Waals surface area contributed by atoms with Gasteiger partial charge in [0.25, 0.3) is 0 Å². The lowest BCUT2D eigenvalue weighted by molar-refractivity contribution is 1.03. The van der Waals surface area contributed by atoms with Gasteiger partial charge in [-0.05, 0) is 31.5 Å². The summed E-state index contributed by atoms with van der Waals surface area (Å²) in [7, 11) is 0. The Morgan fingerprint density at radius 3 is 2.69 bits per heavy atom. The van der Waals surface area contributed by atoms with Crippen molar-refractivity contribution < 1.29 is 0 Å². The number of nitrogens with two attached hydrogens (primary N) is 1. The summed E-state index contributed by atoms with van der Waals surface area (Å²) in [6, 6.07) is 7.97. The molecule has 0 unspecified atom stereocenters. The van der Waals surface area contributed by atoms with Crippen molar-refractivity contribution >= 4 is 11.6 Å². The molecule has 0 aliphatic carbocycles. The molecule has 0 fully saturated rings.